The molecule has 4 nitrogen and oxygen atoms in total. The average Bonchev–Trinajstić information content (AvgIpc) is 2.91. The lowest BCUT2D eigenvalue weighted by molar-refractivity contribution is -0.167. The molecule has 27 heavy (non-hydrogen) atoms. The molecule has 4 aliphatic rings. The second-order valence-corrected chi connectivity index (χ2v) is 10.4. The molecule has 4 heteroatoms. The molecule has 0 saturated heterocycles. The van der Waals surface area contributed by atoms with E-state index in [1.54, 1.807) is 6.92 Å². The Bertz CT molecular complexity index is 615. The summed E-state index contributed by atoms with van der Waals surface area (Å²) < 4.78 is 11.3. The zero-order valence-electron chi connectivity index (χ0n) is 17.5. The van der Waals surface area contributed by atoms with Gasteiger partial charge in [-0.25, -0.2) is 0 Å². The van der Waals surface area contributed by atoms with E-state index in [1.165, 1.54) is 45.4 Å². The van der Waals surface area contributed by atoms with Gasteiger partial charge in [-0.15, -0.1) is 0 Å². The van der Waals surface area contributed by atoms with Crippen LogP contribution in [-0.4, -0.2) is 24.1 Å². The first-order valence-corrected chi connectivity index (χ1v) is 11.1. The van der Waals surface area contributed by atoms with Crippen LogP contribution in [0, 0.1) is 34.5 Å². The Morgan fingerprint density at radius 1 is 0.778 bits per heavy atom. The summed E-state index contributed by atoms with van der Waals surface area (Å²) in [5, 5.41) is 0. The molecular formula is C23H36O4. The highest BCUT2D eigenvalue weighted by molar-refractivity contribution is 5.66. The van der Waals surface area contributed by atoms with Crippen molar-refractivity contribution in [3.05, 3.63) is 0 Å². The van der Waals surface area contributed by atoms with E-state index in [2.05, 4.69) is 13.8 Å². The highest BCUT2D eigenvalue weighted by Crippen LogP contribution is 2.66. The SMILES string of the molecule is CC(=O)O[C@H]1CC[C@@]2(C)[C@@H](CC[C@@H]3[C@H]2CC[C@]2(C)[C@@H](OC(C)=O)CC[C@H]32)C1. The van der Waals surface area contributed by atoms with Gasteiger partial charge in [0, 0.05) is 19.3 Å². The van der Waals surface area contributed by atoms with Crippen molar-refractivity contribution in [2.24, 2.45) is 34.5 Å². The number of carbonyl (C=O) groups excluding carboxylic acids is 2. The van der Waals surface area contributed by atoms with Crippen LogP contribution in [-0.2, 0) is 19.1 Å². The molecule has 0 amide bonds. The number of ether oxygens (including phenoxy) is 2. The molecule has 0 aromatic carbocycles. The van der Waals surface area contributed by atoms with Crippen molar-refractivity contribution in [2.45, 2.75) is 97.7 Å². The van der Waals surface area contributed by atoms with Crippen molar-refractivity contribution in [3.8, 4) is 0 Å². The van der Waals surface area contributed by atoms with Crippen LogP contribution in [0.1, 0.15) is 85.5 Å². The third-order valence-electron chi connectivity index (χ3n) is 9.17. The van der Waals surface area contributed by atoms with E-state index >= 15 is 0 Å². The lowest BCUT2D eigenvalue weighted by atomic mass is 9.45. The van der Waals surface area contributed by atoms with Gasteiger partial charge in [0.15, 0.2) is 0 Å². The summed E-state index contributed by atoms with van der Waals surface area (Å²) in [6.45, 7) is 8.00. The van der Waals surface area contributed by atoms with E-state index in [0.717, 1.165) is 31.1 Å². The fourth-order valence-corrected chi connectivity index (χ4v) is 7.91. The highest BCUT2D eigenvalue weighted by Gasteiger charge is 2.61. The second-order valence-electron chi connectivity index (χ2n) is 10.4. The van der Waals surface area contributed by atoms with Gasteiger partial charge in [-0.2, -0.15) is 0 Å². The molecule has 0 radical (unpaired) electrons. The van der Waals surface area contributed by atoms with Crippen molar-refractivity contribution < 1.29 is 19.1 Å². The number of carbonyl (C=O) groups is 2. The molecule has 0 aromatic heterocycles. The molecule has 8 atom stereocenters. The van der Waals surface area contributed by atoms with Crippen LogP contribution in [0.5, 0.6) is 0 Å². The summed E-state index contributed by atoms with van der Waals surface area (Å²) in [5.74, 6) is 2.69. The maximum Gasteiger partial charge on any atom is 0.302 e. The first kappa shape index (κ1) is 19.3. The van der Waals surface area contributed by atoms with Crippen molar-refractivity contribution >= 4 is 11.9 Å². The zero-order chi connectivity index (χ0) is 19.4. The zero-order valence-corrected chi connectivity index (χ0v) is 17.5. The Morgan fingerprint density at radius 2 is 1.44 bits per heavy atom. The summed E-state index contributed by atoms with van der Waals surface area (Å²) in [4.78, 5) is 23.0. The minimum absolute atomic E-state index is 0.117. The molecule has 0 heterocycles. The predicted molar refractivity (Wildman–Crippen MR) is 103 cm³/mol. The molecule has 4 rings (SSSR count). The van der Waals surface area contributed by atoms with Gasteiger partial charge < -0.3 is 9.47 Å². The molecule has 4 aliphatic carbocycles. The minimum Gasteiger partial charge on any atom is -0.463 e. The first-order valence-electron chi connectivity index (χ1n) is 11.1. The Kier molecular flexibility index (Phi) is 4.83. The molecule has 0 unspecified atom stereocenters. The van der Waals surface area contributed by atoms with E-state index in [-0.39, 0.29) is 29.6 Å². The summed E-state index contributed by atoms with van der Waals surface area (Å²) in [5.41, 5.74) is 0.561. The summed E-state index contributed by atoms with van der Waals surface area (Å²) in [6, 6.07) is 0. The van der Waals surface area contributed by atoms with Gasteiger partial charge in [0.25, 0.3) is 0 Å². The van der Waals surface area contributed by atoms with E-state index in [0.29, 0.717) is 17.3 Å². The number of rotatable bonds is 2. The first-order chi connectivity index (χ1) is 12.7. The number of esters is 2. The lowest BCUT2D eigenvalue weighted by Crippen LogP contribution is -2.54. The van der Waals surface area contributed by atoms with Crippen molar-refractivity contribution in [1.29, 1.82) is 0 Å². The van der Waals surface area contributed by atoms with Crippen LogP contribution in [0.3, 0.4) is 0 Å². The van der Waals surface area contributed by atoms with E-state index in [1.807, 2.05) is 0 Å². The van der Waals surface area contributed by atoms with Gasteiger partial charge >= 0.3 is 11.9 Å². The largest absolute Gasteiger partial charge is 0.463 e. The minimum atomic E-state index is -0.131. The molecule has 0 N–H and O–H groups in total. The van der Waals surface area contributed by atoms with Crippen LogP contribution in [0.2, 0.25) is 0 Å². The third-order valence-corrected chi connectivity index (χ3v) is 9.17. The van der Waals surface area contributed by atoms with Gasteiger partial charge in [0.05, 0.1) is 0 Å². The van der Waals surface area contributed by atoms with Crippen LogP contribution < -0.4 is 0 Å². The van der Waals surface area contributed by atoms with E-state index in [4.69, 9.17) is 9.47 Å². The molecule has 0 aromatic rings. The van der Waals surface area contributed by atoms with E-state index < -0.39 is 0 Å². The third kappa shape index (κ3) is 3.11. The monoisotopic (exact) mass is 376 g/mol. The molecule has 0 spiro atoms. The maximum absolute atomic E-state index is 11.6. The van der Waals surface area contributed by atoms with Crippen LogP contribution >= 0.6 is 0 Å². The van der Waals surface area contributed by atoms with Crippen LogP contribution in [0.4, 0.5) is 0 Å². The predicted octanol–water partition coefficient (Wildman–Crippen LogP) is 4.89. The fraction of sp³-hybridized carbons (Fsp3) is 0.913. The quantitative estimate of drug-likeness (QED) is 0.644. The fourth-order valence-electron chi connectivity index (χ4n) is 7.91. The van der Waals surface area contributed by atoms with Crippen molar-refractivity contribution in [2.75, 3.05) is 0 Å². The van der Waals surface area contributed by atoms with Crippen molar-refractivity contribution in [1.82, 2.24) is 0 Å². The van der Waals surface area contributed by atoms with Gasteiger partial charge in [-0.05, 0) is 86.9 Å². The van der Waals surface area contributed by atoms with Gasteiger partial charge in [-0.1, -0.05) is 13.8 Å². The highest BCUT2D eigenvalue weighted by atomic mass is 16.5. The average molecular weight is 377 g/mol. The standard InChI is InChI=1S/C23H36O4/c1-14(24)26-17-9-11-22(3)16(13-17)5-6-18-19-7-8-21(27-15(2)25)23(19,4)12-10-20(18)22/h16-21H,5-13H2,1-4H3/t16-,17-,18-,19+,20+,21-,22-,23-/m0/s1. The number of hydrogen-bond donors (Lipinski definition) is 0. The molecule has 152 valence electrons. The van der Waals surface area contributed by atoms with Gasteiger partial charge in [-0.3, -0.25) is 9.59 Å². The Morgan fingerprint density at radius 3 is 2.15 bits per heavy atom. The van der Waals surface area contributed by atoms with Crippen molar-refractivity contribution in [3.63, 3.8) is 0 Å². The number of hydrogen-bond acceptors (Lipinski definition) is 4. The Labute approximate surface area is 163 Å². The van der Waals surface area contributed by atoms with Gasteiger partial charge in [0.2, 0.25) is 0 Å². The second kappa shape index (κ2) is 6.77. The summed E-state index contributed by atoms with van der Waals surface area (Å²) in [7, 11) is 0. The molecule has 0 bridgehead atoms. The Balaban J connectivity index is 1.51. The van der Waals surface area contributed by atoms with Crippen LogP contribution in [0.15, 0.2) is 0 Å². The van der Waals surface area contributed by atoms with Crippen LogP contribution in [0.25, 0.3) is 0 Å². The molecular weight excluding hydrogens is 340 g/mol. The Hall–Kier alpha value is -1.06. The van der Waals surface area contributed by atoms with Gasteiger partial charge in [0.1, 0.15) is 12.2 Å². The molecule has 0 aliphatic heterocycles. The topological polar surface area (TPSA) is 52.6 Å². The molecule has 4 fully saturated rings. The number of fused-ring (bicyclic) bond motifs is 5. The maximum atomic E-state index is 11.6. The normalized spacial score (nSPS) is 48.7. The molecule has 4 saturated carbocycles. The summed E-state index contributed by atoms with van der Waals surface area (Å²) in [6.07, 6.45) is 10.8. The lowest BCUT2D eigenvalue weighted by Gasteiger charge is -2.60. The summed E-state index contributed by atoms with van der Waals surface area (Å²) >= 11 is 0. The smallest absolute Gasteiger partial charge is 0.302 e. The van der Waals surface area contributed by atoms with E-state index in [9.17, 15) is 9.59 Å².